The van der Waals surface area contributed by atoms with E-state index in [0.717, 1.165) is 51.5 Å². The van der Waals surface area contributed by atoms with E-state index in [9.17, 15) is 41.1 Å². The minimum absolute atomic E-state index is 0.00925. The van der Waals surface area contributed by atoms with Crippen LogP contribution in [0.3, 0.4) is 0 Å². The van der Waals surface area contributed by atoms with Crippen molar-refractivity contribution in [2.45, 2.75) is 112 Å². The number of benzene rings is 2. The molecule has 1 saturated carbocycles. The molecule has 15 nitrogen and oxygen atoms in total. The summed E-state index contributed by atoms with van der Waals surface area (Å²) >= 11 is 0. The highest BCUT2D eigenvalue weighted by Crippen LogP contribution is 2.53. The van der Waals surface area contributed by atoms with E-state index >= 15 is 4.39 Å². The second kappa shape index (κ2) is 17.2. The van der Waals surface area contributed by atoms with E-state index in [1.165, 1.54) is 27.1 Å². The van der Waals surface area contributed by atoms with Crippen LogP contribution in [0.2, 0.25) is 0 Å². The van der Waals surface area contributed by atoms with Gasteiger partial charge in [-0.3, -0.25) is 24.0 Å². The number of fused-ring (bicyclic) bond motifs is 1. The topological polar surface area (TPSA) is 175 Å². The minimum atomic E-state index is -4.71. The molecule has 20 heteroatoms. The standard InChI is InChI=1S/C46H57F4N9O6S/c1-28-22-30(6-7-33(28)52-42-51-25-32(46(48,49)50)40(54-42)58-17-5-4-14-44(2,63)27-58)66(64,65)31-23-45(24-31)15-20-56(21-16-45)26-29-12-18-57(19-13-29)34-8-9-35-39(38(34)47)55(3)43(62)59(35)36-10-11-37(60)53-41(36)61/h6-9,22,25,29,31,36,63H,4-5,10-21,23-24,26-27H2,1-3H3,(H,51,52,54)(H,53,60,61). The Morgan fingerprint density at radius 3 is 2.36 bits per heavy atom. The number of aryl methyl sites for hydroxylation is 2. The molecule has 6 heterocycles. The molecule has 4 saturated heterocycles. The fourth-order valence-corrected chi connectivity index (χ4v) is 13.2. The van der Waals surface area contributed by atoms with Crippen LogP contribution in [0.15, 0.2) is 46.2 Å². The summed E-state index contributed by atoms with van der Waals surface area (Å²) in [6, 6.07) is 7.17. The summed E-state index contributed by atoms with van der Waals surface area (Å²) in [4.78, 5) is 51.9. The van der Waals surface area contributed by atoms with Crippen LogP contribution in [-0.2, 0) is 32.7 Å². The van der Waals surface area contributed by atoms with E-state index in [0.29, 0.717) is 80.1 Å². The number of imide groups is 1. The first-order valence-electron chi connectivity index (χ1n) is 23.0. The number of likely N-dealkylation sites (tertiary alicyclic amines) is 1. The zero-order chi connectivity index (χ0) is 46.9. The molecule has 356 valence electrons. The molecule has 5 aliphatic rings. The average Bonchev–Trinajstić information content (AvgIpc) is 3.36. The molecule has 2 aromatic heterocycles. The van der Waals surface area contributed by atoms with E-state index < -0.39 is 61.8 Å². The number of β-amino-alcohol motifs (C(OH)–C–C–N with tert-alkyl or cyclic N) is 1. The molecule has 1 spiro atoms. The number of anilines is 4. The molecule has 4 aliphatic heterocycles. The summed E-state index contributed by atoms with van der Waals surface area (Å²) < 4.78 is 88.7. The summed E-state index contributed by atoms with van der Waals surface area (Å²) in [6.45, 7) is 7.59. The van der Waals surface area contributed by atoms with Crippen molar-refractivity contribution >= 4 is 55.8 Å². The van der Waals surface area contributed by atoms with E-state index in [-0.39, 0.29) is 47.0 Å². The second-order valence-corrected chi connectivity index (χ2v) is 21.9. The lowest BCUT2D eigenvalue weighted by Crippen LogP contribution is -2.52. The maximum atomic E-state index is 16.2. The molecule has 2 amide bonds. The number of sulfone groups is 1. The third kappa shape index (κ3) is 8.79. The molecular formula is C46H57F4N9O6S. The summed E-state index contributed by atoms with van der Waals surface area (Å²) in [6.07, 6.45) is 2.77. The third-order valence-electron chi connectivity index (χ3n) is 14.9. The van der Waals surface area contributed by atoms with Gasteiger partial charge >= 0.3 is 11.9 Å². The van der Waals surface area contributed by atoms with Gasteiger partial charge in [-0.25, -0.2) is 22.6 Å². The smallest absolute Gasteiger partial charge is 0.388 e. The van der Waals surface area contributed by atoms with Gasteiger partial charge in [0.15, 0.2) is 15.7 Å². The number of nitrogens with one attached hydrogen (secondary N) is 2. The summed E-state index contributed by atoms with van der Waals surface area (Å²) in [5.74, 6) is -1.44. The van der Waals surface area contributed by atoms with E-state index in [1.807, 2.05) is 4.90 Å². The van der Waals surface area contributed by atoms with Gasteiger partial charge in [0.2, 0.25) is 17.8 Å². The molecule has 9 rings (SSSR count). The molecule has 2 atom stereocenters. The van der Waals surface area contributed by atoms with Crippen LogP contribution in [0.25, 0.3) is 11.0 Å². The highest BCUT2D eigenvalue weighted by Gasteiger charge is 2.51. The second-order valence-electron chi connectivity index (χ2n) is 19.7. The highest BCUT2D eigenvalue weighted by atomic mass is 32.2. The van der Waals surface area contributed by atoms with Crippen LogP contribution in [0, 0.1) is 24.1 Å². The van der Waals surface area contributed by atoms with Gasteiger partial charge < -0.3 is 25.1 Å². The SMILES string of the molecule is Cc1cc(S(=O)(=O)C2CC3(CCN(CC4CCN(c5ccc6c(c5F)n(C)c(=O)n6C5CCC(=O)NC5=O)CC4)CC3)C2)ccc1Nc1ncc(C(F)(F)F)c(N2CCCCC(C)(O)C2)n1. The van der Waals surface area contributed by atoms with Crippen LogP contribution in [0.4, 0.5) is 40.7 Å². The van der Waals surface area contributed by atoms with Gasteiger partial charge in [-0.1, -0.05) is 0 Å². The van der Waals surface area contributed by atoms with Gasteiger partial charge in [0.1, 0.15) is 22.9 Å². The summed E-state index contributed by atoms with van der Waals surface area (Å²) in [7, 11) is -2.15. The average molecular weight is 940 g/mol. The number of aromatic nitrogens is 4. The Bertz CT molecular complexity index is 2720. The zero-order valence-electron chi connectivity index (χ0n) is 37.5. The van der Waals surface area contributed by atoms with Gasteiger partial charge in [0.05, 0.1) is 27.0 Å². The van der Waals surface area contributed by atoms with Gasteiger partial charge in [0.25, 0.3) is 0 Å². The molecule has 0 bridgehead atoms. The van der Waals surface area contributed by atoms with Crippen molar-refractivity contribution in [2.24, 2.45) is 18.4 Å². The van der Waals surface area contributed by atoms with Crippen LogP contribution >= 0.6 is 0 Å². The van der Waals surface area contributed by atoms with Crippen molar-refractivity contribution in [3.63, 3.8) is 0 Å². The number of piperidine rings is 3. The van der Waals surface area contributed by atoms with Crippen molar-refractivity contribution in [3.05, 3.63) is 64.0 Å². The Kier molecular flexibility index (Phi) is 12.0. The fourth-order valence-electron chi connectivity index (χ4n) is 11.1. The van der Waals surface area contributed by atoms with Gasteiger partial charge in [-0.05, 0) is 138 Å². The van der Waals surface area contributed by atoms with E-state index in [1.54, 1.807) is 38.1 Å². The largest absolute Gasteiger partial charge is 0.421 e. The van der Waals surface area contributed by atoms with Gasteiger partial charge in [-0.2, -0.15) is 18.2 Å². The predicted octanol–water partition coefficient (Wildman–Crippen LogP) is 5.99. The van der Waals surface area contributed by atoms with E-state index in [2.05, 4.69) is 25.5 Å². The molecule has 1 aliphatic carbocycles. The zero-order valence-corrected chi connectivity index (χ0v) is 38.3. The van der Waals surface area contributed by atoms with Crippen LogP contribution < -0.4 is 26.1 Å². The Morgan fingerprint density at radius 1 is 0.955 bits per heavy atom. The number of halogens is 4. The number of nitrogens with zero attached hydrogens (tertiary/aromatic N) is 7. The first-order valence-corrected chi connectivity index (χ1v) is 24.5. The van der Waals surface area contributed by atoms with Crippen LogP contribution in [0.1, 0.15) is 94.7 Å². The number of carbonyl (C=O) groups excluding carboxylic acids is 2. The predicted molar refractivity (Wildman–Crippen MR) is 240 cm³/mol. The van der Waals surface area contributed by atoms with Crippen LogP contribution in [0.5, 0.6) is 0 Å². The monoisotopic (exact) mass is 939 g/mol. The summed E-state index contributed by atoms with van der Waals surface area (Å²) in [5, 5.41) is 15.5. The fraction of sp³-hybridized carbons (Fsp3) is 0.587. The first-order chi connectivity index (χ1) is 31.2. The number of hydrogen-bond donors (Lipinski definition) is 3. The first kappa shape index (κ1) is 46.0. The number of rotatable bonds is 9. The molecule has 2 aromatic carbocycles. The lowest BCUT2D eigenvalue weighted by atomic mass is 9.63. The van der Waals surface area contributed by atoms with Crippen molar-refractivity contribution in [2.75, 3.05) is 60.9 Å². The number of aliphatic hydroxyl groups is 1. The minimum Gasteiger partial charge on any atom is -0.388 e. The van der Waals surface area contributed by atoms with Crippen molar-refractivity contribution in [1.29, 1.82) is 0 Å². The maximum Gasteiger partial charge on any atom is 0.421 e. The molecule has 3 N–H and O–H groups in total. The molecule has 4 aromatic rings. The molecular weight excluding hydrogens is 883 g/mol. The Hall–Kier alpha value is -5.08. The lowest BCUT2D eigenvalue weighted by molar-refractivity contribution is -0.138. The lowest BCUT2D eigenvalue weighted by Gasteiger charge is -2.52. The van der Waals surface area contributed by atoms with Crippen molar-refractivity contribution < 1.29 is 40.7 Å². The normalized spacial score (nSPS) is 23.8. The number of carbonyl (C=O) groups is 2. The Balaban J connectivity index is 0.775. The Morgan fingerprint density at radius 2 is 1.68 bits per heavy atom. The number of amides is 2. The Labute approximate surface area is 380 Å². The molecule has 5 fully saturated rings. The number of alkyl halides is 3. The highest BCUT2D eigenvalue weighted by molar-refractivity contribution is 7.92. The quantitative estimate of drug-likeness (QED) is 0.132. The number of imidazole rings is 1. The van der Waals surface area contributed by atoms with Crippen molar-refractivity contribution in [1.82, 2.24) is 29.3 Å². The maximum absolute atomic E-state index is 16.2. The third-order valence-corrected chi connectivity index (χ3v) is 17.0. The number of hydrogen-bond acceptors (Lipinski definition) is 12. The molecule has 66 heavy (non-hydrogen) atoms. The van der Waals surface area contributed by atoms with Gasteiger partial charge in [-0.15, -0.1) is 0 Å². The van der Waals surface area contributed by atoms with E-state index in [4.69, 9.17) is 0 Å². The summed E-state index contributed by atoms with van der Waals surface area (Å²) in [5.41, 5.74) is -0.811. The molecule has 0 radical (unpaired) electrons. The van der Waals surface area contributed by atoms with Crippen LogP contribution in [-0.4, -0.2) is 106 Å². The van der Waals surface area contributed by atoms with Crippen molar-refractivity contribution in [3.8, 4) is 0 Å². The van der Waals surface area contributed by atoms with Gasteiger partial charge in [0, 0.05) is 58.1 Å². The molecule has 2 unspecified atom stereocenters.